The van der Waals surface area contributed by atoms with Crippen LogP contribution in [0, 0.1) is 0 Å². The number of carbonyl (C=O) groups is 1. The third-order valence-corrected chi connectivity index (χ3v) is 3.33. The molecule has 0 aliphatic carbocycles. The minimum Gasteiger partial charge on any atom is -0.342 e. The lowest BCUT2D eigenvalue weighted by atomic mass is 10.1. The molecule has 0 aromatic carbocycles. The average Bonchev–Trinajstić information content (AvgIpc) is 2.25. The second kappa shape index (κ2) is 5.77. The summed E-state index contributed by atoms with van der Waals surface area (Å²) in [5.74, 6) is -0.974. The van der Waals surface area contributed by atoms with Crippen LogP contribution in [-0.4, -0.2) is 48.2 Å². The Balaban J connectivity index is 2.34. The van der Waals surface area contributed by atoms with Crippen LogP contribution < -0.4 is 5.32 Å². The maximum absolute atomic E-state index is 11.9. The number of rotatable bonds is 3. The molecule has 1 rings (SSSR count). The molecule has 1 N–H and O–H groups in total. The van der Waals surface area contributed by atoms with Crippen LogP contribution in [0.3, 0.4) is 0 Å². The summed E-state index contributed by atoms with van der Waals surface area (Å²) in [6, 6.07) is 0.0718. The van der Waals surface area contributed by atoms with E-state index in [-0.39, 0.29) is 17.8 Å². The summed E-state index contributed by atoms with van der Waals surface area (Å²) < 4.78 is 35.7. The number of nitrogens with zero attached hydrogens (tertiary/aromatic N) is 1. The van der Waals surface area contributed by atoms with Crippen molar-refractivity contribution in [1.82, 2.24) is 10.2 Å². The Kier molecular flexibility index (Phi) is 4.91. The fraction of sp³-hybridized carbons (Fsp3) is 0.889. The Bertz CT molecular complexity index is 241. The Hall–Kier alpha value is -0.430. The first-order chi connectivity index (χ1) is 7.40. The maximum Gasteiger partial charge on any atom is 0.442 e. The second-order valence-corrected chi connectivity index (χ2v) is 4.76. The lowest BCUT2D eigenvalue weighted by Crippen LogP contribution is -2.44. The SMILES string of the molecule is CN(C(=O)CSC(F)(F)F)C1CCNCC1. The molecule has 1 heterocycles. The zero-order chi connectivity index (χ0) is 12.2. The van der Waals surface area contributed by atoms with Crippen LogP contribution in [0.1, 0.15) is 12.8 Å². The van der Waals surface area contributed by atoms with Crippen molar-refractivity contribution in [3.05, 3.63) is 0 Å². The highest BCUT2D eigenvalue weighted by Gasteiger charge is 2.31. The normalized spacial score (nSPS) is 18.5. The molecule has 0 spiro atoms. The number of alkyl halides is 3. The van der Waals surface area contributed by atoms with E-state index in [2.05, 4.69) is 5.32 Å². The average molecular weight is 256 g/mol. The largest absolute Gasteiger partial charge is 0.442 e. The highest BCUT2D eigenvalue weighted by Crippen LogP contribution is 2.30. The highest BCUT2D eigenvalue weighted by molar-refractivity contribution is 8.00. The fourth-order valence-electron chi connectivity index (χ4n) is 1.64. The van der Waals surface area contributed by atoms with E-state index in [0.29, 0.717) is 0 Å². The highest BCUT2D eigenvalue weighted by atomic mass is 32.2. The fourth-order valence-corrected chi connectivity index (χ4v) is 2.13. The van der Waals surface area contributed by atoms with Gasteiger partial charge in [0.05, 0.1) is 5.75 Å². The first-order valence-electron chi connectivity index (χ1n) is 5.07. The van der Waals surface area contributed by atoms with Gasteiger partial charge >= 0.3 is 5.51 Å². The Morgan fingerprint density at radius 2 is 2.00 bits per heavy atom. The lowest BCUT2D eigenvalue weighted by molar-refractivity contribution is -0.129. The Morgan fingerprint density at radius 3 is 2.50 bits per heavy atom. The van der Waals surface area contributed by atoms with Crippen molar-refractivity contribution in [2.75, 3.05) is 25.9 Å². The van der Waals surface area contributed by atoms with Gasteiger partial charge in [0.15, 0.2) is 0 Å². The monoisotopic (exact) mass is 256 g/mol. The maximum atomic E-state index is 11.9. The molecular formula is C9H15F3N2OS. The Morgan fingerprint density at radius 1 is 1.44 bits per heavy atom. The number of nitrogens with one attached hydrogen (secondary N) is 1. The van der Waals surface area contributed by atoms with Gasteiger partial charge in [0.1, 0.15) is 0 Å². The molecule has 0 saturated carbocycles. The number of hydrogen-bond acceptors (Lipinski definition) is 3. The van der Waals surface area contributed by atoms with Gasteiger partial charge in [-0.1, -0.05) is 0 Å². The smallest absolute Gasteiger partial charge is 0.342 e. The van der Waals surface area contributed by atoms with E-state index in [4.69, 9.17) is 0 Å². The van der Waals surface area contributed by atoms with Crippen LogP contribution in [0.4, 0.5) is 13.2 Å². The number of halogens is 3. The van der Waals surface area contributed by atoms with E-state index in [1.54, 1.807) is 7.05 Å². The van der Waals surface area contributed by atoms with E-state index in [0.717, 1.165) is 25.9 Å². The summed E-state index contributed by atoms with van der Waals surface area (Å²) in [7, 11) is 1.58. The first kappa shape index (κ1) is 13.6. The third kappa shape index (κ3) is 4.61. The number of carbonyl (C=O) groups excluding carboxylic acids is 1. The van der Waals surface area contributed by atoms with Crippen molar-refractivity contribution in [2.24, 2.45) is 0 Å². The summed E-state index contributed by atoms with van der Waals surface area (Å²) in [5.41, 5.74) is -4.33. The minimum atomic E-state index is -4.33. The van der Waals surface area contributed by atoms with Gasteiger partial charge in [0.25, 0.3) is 0 Å². The van der Waals surface area contributed by atoms with Gasteiger partial charge in [-0.3, -0.25) is 4.79 Å². The Labute approximate surface area is 96.7 Å². The molecule has 0 aromatic heterocycles. The molecule has 0 unspecified atom stereocenters. The third-order valence-electron chi connectivity index (χ3n) is 2.61. The number of piperidine rings is 1. The second-order valence-electron chi connectivity index (χ2n) is 3.72. The van der Waals surface area contributed by atoms with Gasteiger partial charge in [-0.05, 0) is 37.7 Å². The van der Waals surface area contributed by atoms with Crippen molar-refractivity contribution >= 4 is 17.7 Å². The lowest BCUT2D eigenvalue weighted by Gasteiger charge is -2.31. The van der Waals surface area contributed by atoms with Gasteiger partial charge in [-0.15, -0.1) is 0 Å². The van der Waals surface area contributed by atoms with Gasteiger partial charge in [-0.25, -0.2) is 0 Å². The summed E-state index contributed by atoms with van der Waals surface area (Å²) in [6.07, 6.45) is 1.61. The van der Waals surface area contributed by atoms with E-state index < -0.39 is 17.2 Å². The van der Waals surface area contributed by atoms with Gasteiger partial charge in [0, 0.05) is 13.1 Å². The molecule has 7 heteroatoms. The van der Waals surface area contributed by atoms with Crippen LogP contribution in [-0.2, 0) is 4.79 Å². The van der Waals surface area contributed by atoms with Crippen molar-refractivity contribution in [3.63, 3.8) is 0 Å². The number of amides is 1. The molecule has 1 aliphatic heterocycles. The van der Waals surface area contributed by atoms with Gasteiger partial charge < -0.3 is 10.2 Å². The summed E-state index contributed by atoms with van der Waals surface area (Å²) >= 11 is -0.273. The number of thioether (sulfide) groups is 1. The van der Waals surface area contributed by atoms with Crippen LogP contribution >= 0.6 is 11.8 Å². The van der Waals surface area contributed by atoms with E-state index in [1.165, 1.54) is 4.90 Å². The van der Waals surface area contributed by atoms with Crippen molar-refractivity contribution < 1.29 is 18.0 Å². The molecule has 1 amide bonds. The molecule has 1 aliphatic rings. The molecule has 0 atom stereocenters. The van der Waals surface area contributed by atoms with Crippen molar-refractivity contribution in [2.45, 2.75) is 24.4 Å². The van der Waals surface area contributed by atoms with Gasteiger partial charge in [0.2, 0.25) is 5.91 Å². The summed E-state index contributed by atoms with van der Waals surface area (Å²) in [4.78, 5) is 12.9. The van der Waals surface area contributed by atoms with Crippen LogP contribution in [0.5, 0.6) is 0 Å². The van der Waals surface area contributed by atoms with E-state index in [1.807, 2.05) is 0 Å². The van der Waals surface area contributed by atoms with Crippen LogP contribution in [0.2, 0.25) is 0 Å². The predicted molar refractivity (Wildman–Crippen MR) is 57.2 cm³/mol. The quantitative estimate of drug-likeness (QED) is 0.829. The molecule has 1 fully saturated rings. The predicted octanol–water partition coefficient (Wildman–Crippen LogP) is 1.45. The molecule has 0 radical (unpaired) electrons. The van der Waals surface area contributed by atoms with Crippen LogP contribution in [0.25, 0.3) is 0 Å². The molecule has 16 heavy (non-hydrogen) atoms. The van der Waals surface area contributed by atoms with Crippen molar-refractivity contribution in [1.29, 1.82) is 0 Å². The molecule has 1 saturated heterocycles. The minimum absolute atomic E-state index is 0.0718. The topological polar surface area (TPSA) is 32.3 Å². The molecular weight excluding hydrogens is 241 g/mol. The molecule has 0 bridgehead atoms. The van der Waals surface area contributed by atoms with Crippen molar-refractivity contribution in [3.8, 4) is 0 Å². The zero-order valence-electron chi connectivity index (χ0n) is 9.01. The zero-order valence-corrected chi connectivity index (χ0v) is 9.83. The molecule has 3 nitrogen and oxygen atoms in total. The summed E-state index contributed by atoms with van der Waals surface area (Å²) in [6.45, 7) is 1.63. The van der Waals surface area contributed by atoms with Gasteiger partial charge in [-0.2, -0.15) is 13.2 Å². The van der Waals surface area contributed by atoms with Crippen LogP contribution in [0.15, 0.2) is 0 Å². The first-order valence-corrected chi connectivity index (χ1v) is 6.06. The molecule has 94 valence electrons. The standard InChI is InChI=1S/C9H15F3N2OS/c1-14(7-2-4-13-5-3-7)8(15)6-16-9(10,11)12/h7,13H,2-6H2,1H3. The van der Waals surface area contributed by atoms with E-state index >= 15 is 0 Å². The van der Waals surface area contributed by atoms with E-state index in [9.17, 15) is 18.0 Å². The summed E-state index contributed by atoms with van der Waals surface area (Å²) in [5, 5.41) is 3.14. The molecule has 0 aromatic rings. The number of hydrogen-bond donors (Lipinski definition) is 1.